The van der Waals surface area contributed by atoms with Crippen LogP contribution in [-0.2, 0) is 4.79 Å². The molecule has 6 nitrogen and oxygen atoms in total. The Hall–Kier alpha value is -1.30. The highest BCUT2D eigenvalue weighted by Crippen LogP contribution is 1.88. The van der Waals surface area contributed by atoms with Gasteiger partial charge in [0.15, 0.2) is 6.04 Å². The van der Waals surface area contributed by atoms with Crippen molar-refractivity contribution >= 4 is 11.9 Å². The second-order valence-corrected chi connectivity index (χ2v) is 2.56. The first kappa shape index (κ1) is 15.2. The van der Waals surface area contributed by atoms with Gasteiger partial charge in [0.05, 0.1) is 6.54 Å². The Balaban J connectivity index is 0. The fourth-order valence-corrected chi connectivity index (χ4v) is 0.705. The van der Waals surface area contributed by atoms with Gasteiger partial charge in [-0.15, -0.1) is 0 Å². The number of nitrogens with one attached hydrogen (secondary N) is 1. The fraction of sp³-hybridized carbons (Fsp3) is 0.750. The van der Waals surface area contributed by atoms with Gasteiger partial charge in [-0.3, -0.25) is 16.5 Å². The summed E-state index contributed by atoms with van der Waals surface area (Å²) in [5.74, 6) is -0.717. The van der Waals surface area contributed by atoms with Gasteiger partial charge < -0.3 is 10.8 Å². The van der Waals surface area contributed by atoms with Crippen molar-refractivity contribution in [2.75, 3.05) is 6.54 Å². The van der Waals surface area contributed by atoms with Crippen molar-refractivity contribution in [2.45, 2.75) is 32.7 Å². The van der Waals surface area contributed by atoms with Gasteiger partial charge in [-0.2, -0.15) is 0 Å². The van der Waals surface area contributed by atoms with Crippen molar-refractivity contribution in [2.24, 2.45) is 11.5 Å². The fourth-order valence-electron chi connectivity index (χ4n) is 0.705. The number of carboxylic acid groups (broad SMARTS) is 1. The van der Waals surface area contributed by atoms with E-state index in [-0.39, 0.29) is 5.96 Å². The van der Waals surface area contributed by atoms with Crippen LogP contribution in [0.2, 0.25) is 0 Å². The number of quaternary nitrogens is 1. The zero-order valence-corrected chi connectivity index (χ0v) is 8.92. The van der Waals surface area contributed by atoms with Crippen LogP contribution in [0, 0.1) is 0 Å². The Morgan fingerprint density at radius 1 is 1.50 bits per heavy atom. The van der Waals surface area contributed by atoms with Crippen molar-refractivity contribution in [1.82, 2.24) is 0 Å². The molecule has 0 amide bonds. The summed E-state index contributed by atoms with van der Waals surface area (Å²) in [7, 11) is 0. The quantitative estimate of drug-likeness (QED) is 0.184. The van der Waals surface area contributed by atoms with Crippen molar-refractivity contribution < 1.29 is 20.6 Å². The molecule has 0 aromatic rings. The Morgan fingerprint density at radius 3 is 2.36 bits per heavy atom. The minimum Gasteiger partial charge on any atom is -0.477 e. The van der Waals surface area contributed by atoms with Gasteiger partial charge >= 0.3 is 11.9 Å². The summed E-state index contributed by atoms with van der Waals surface area (Å²) in [6.45, 7) is 4.58. The van der Waals surface area contributed by atoms with Gasteiger partial charge in [0.25, 0.3) is 0 Å². The number of hydrogen-bond donors (Lipinski definition) is 5. The van der Waals surface area contributed by atoms with E-state index in [1.54, 1.807) is 0 Å². The molecule has 1 unspecified atom stereocenters. The van der Waals surface area contributed by atoms with Gasteiger partial charge in [0.1, 0.15) is 0 Å². The lowest BCUT2D eigenvalue weighted by Crippen LogP contribution is -2.78. The van der Waals surface area contributed by atoms with Crippen molar-refractivity contribution in [3.63, 3.8) is 0 Å². The van der Waals surface area contributed by atoms with Gasteiger partial charge in [0.2, 0.25) is 0 Å². The molecule has 0 bridgehead atoms. The molecule has 0 rings (SSSR count). The predicted molar refractivity (Wildman–Crippen MR) is 54.1 cm³/mol. The summed E-state index contributed by atoms with van der Waals surface area (Å²) in [4.78, 5) is 13.0. The first-order chi connectivity index (χ1) is 6.54. The van der Waals surface area contributed by atoms with Crippen LogP contribution in [0.25, 0.3) is 0 Å². The first-order valence-corrected chi connectivity index (χ1v) is 4.71. The maximum atomic E-state index is 10.3. The normalized spacial score (nSPS) is 10.8. The molecule has 0 saturated carbocycles. The summed E-state index contributed by atoms with van der Waals surface area (Å²) >= 11 is 0. The molecule has 0 aromatic carbocycles. The Morgan fingerprint density at radius 2 is 2.00 bits per heavy atom. The number of guanidine groups is 1. The van der Waals surface area contributed by atoms with Crippen LogP contribution in [0.5, 0.6) is 0 Å². The van der Waals surface area contributed by atoms with E-state index in [1.165, 1.54) is 0 Å². The van der Waals surface area contributed by atoms with E-state index in [0.717, 1.165) is 0 Å². The molecular weight excluding hydrogens is 184 g/mol. The number of aliphatic carboxylic acids is 1. The summed E-state index contributed by atoms with van der Waals surface area (Å²) in [5.41, 5.74) is 13.7. The zero-order chi connectivity index (χ0) is 11.6. The lowest BCUT2D eigenvalue weighted by Gasteiger charge is -1.99. The molecule has 0 aliphatic rings. The number of rotatable bonds is 5. The molecule has 0 aromatic heterocycles. The predicted octanol–water partition coefficient (Wildman–Crippen LogP) is -3.16. The Bertz CT molecular complexity index is 178. The number of hydrogen-bond acceptors (Lipinski definition) is 1. The van der Waals surface area contributed by atoms with Crippen LogP contribution in [0.1, 0.15) is 26.7 Å². The highest BCUT2D eigenvalue weighted by molar-refractivity contribution is 5.71. The van der Waals surface area contributed by atoms with E-state index in [1.807, 2.05) is 13.8 Å². The molecule has 0 spiro atoms. The standard InChI is InChI=1S/C6H14N4O2.C2H6/c7-4(5(11)12)2-1-3-10-6(8)9;1-2/h4H,1-3,7H2,(H,11,12)(H4,8,9,10);1-2H3/p+2. The number of carboxylic acids is 1. The van der Waals surface area contributed by atoms with E-state index < -0.39 is 12.0 Å². The Labute approximate surface area is 84.2 Å². The van der Waals surface area contributed by atoms with E-state index >= 15 is 0 Å². The van der Waals surface area contributed by atoms with Crippen molar-refractivity contribution in [3.05, 3.63) is 0 Å². The number of carbonyl (C=O) groups is 1. The zero-order valence-electron chi connectivity index (χ0n) is 8.92. The topological polar surface area (TPSA) is 131 Å². The average molecular weight is 206 g/mol. The molecule has 0 aliphatic carbocycles. The smallest absolute Gasteiger partial charge is 0.362 e. The molecule has 1 atom stereocenters. The maximum Gasteiger partial charge on any atom is 0.362 e. The van der Waals surface area contributed by atoms with E-state index in [9.17, 15) is 4.79 Å². The van der Waals surface area contributed by atoms with Gasteiger partial charge in [-0.25, -0.2) is 4.79 Å². The summed E-state index contributed by atoms with van der Waals surface area (Å²) in [5, 5.41) is 8.45. The molecule has 0 radical (unpaired) electrons. The first-order valence-electron chi connectivity index (χ1n) is 4.71. The molecule has 0 fully saturated rings. The highest BCUT2D eigenvalue weighted by Gasteiger charge is 2.13. The second-order valence-electron chi connectivity index (χ2n) is 2.56. The lowest BCUT2D eigenvalue weighted by molar-refractivity contribution is -0.463. The molecule has 6 heteroatoms. The molecule has 0 saturated heterocycles. The molecule has 84 valence electrons. The largest absolute Gasteiger partial charge is 0.477 e. The highest BCUT2D eigenvalue weighted by atomic mass is 16.4. The van der Waals surface area contributed by atoms with Gasteiger partial charge in [-0.1, -0.05) is 13.8 Å². The van der Waals surface area contributed by atoms with Crippen LogP contribution in [-0.4, -0.2) is 29.6 Å². The molecule has 9 N–H and O–H groups in total. The third kappa shape index (κ3) is 10.7. The van der Waals surface area contributed by atoms with Crippen LogP contribution < -0.4 is 22.2 Å². The van der Waals surface area contributed by atoms with Gasteiger partial charge in [-0.05, 0) is 6.42 Å². The SMILES string of the molecule is CC.NC(N)=[NH+]CCCC([NH3+])C(=O)O. The van der Waals surface area contributed by atoms with E-state index in [0.29, 0.717) is 19.4 Å². The molecular formula is C8H22N4O2+2. The molecule has 14 heavy (non-hydrogen) atoms. The monoisotopic (exact) mass is 206 g/mol. The minimum atomic E-state index is -0.875. The van der Waals surface area contributed by atoms with E-state index in [2.05, 4.69) is 10.7 Å². The minimum absolute atomic E-state index is 0.158. The summed E-state index contributed by atoms with van der Waals surface area (Å²) in [6, 6.07) is -0.550. The summed E-state index contributed by atoms with van der Waals surface area (Å²) in [6.07, 6.45) is 1.22. The molecule has 0 heterocycles. The van der Waals surface area contributed by atoms with Gasteiger partial charge in [0, 0.05) is 6.42 Å². The van der Waals surface area contributed by atoms with Crippen LogP contribution in [0.15, 0.2) is 0 Å². The Kier molecular flexibility index (Phi) is 10.6. The van der Waals surface area contributed by atoms with E-state index in [4.69, 9.17) is 16.6 Å². The maximum absolute atomic E-state index is 10.3. The number of nitrogens with two attached hydrogens (primary N) is 2. The average Bonchev–Trinajstić information content (AvgIpc) is 2.15. The van der Waals surface area contributed by atoms with Crippen molar-refractivity contribution in [3.8, 4) is 0 Å². The van der Waals surface area contributed by atoms with Crippen LogP contribution >= 0.6 is 0 Å². The molecule has 0 aliphatic heterocycles. The van der Waals surface area contributed by atoms with Crippen LogP contribution in [0.3, 0.4) is 0 Å². The second kappa shape index (κ2) is 9.79. The summed E-state index contributed by atoms with van der Waals surface area (Å²) < 4.78 is 0. The third-order valence-corrected chi connectivity index (χ3v) is 1.41. The third-order valence-electron chi connectivity index (χ3n) is 1.41. The lowest BCUT2D eigenvalue weighted by atomic mass is 10.2. The van der Waals surface area contributed by atoms with Crippen molar-refractivity contribution in [1.29, 1.82) is 0 Å². The van der Waals surface area contributed by atoms with Crippen LogP contribution in [0.4, 0.5) is 0 Å².